The molecule has 2 fully saturated rings. The van der Waals surface area contributed by atoms with Gasteiger partial charge in [0.05, 0.1) is 12.7 Å². The predicted octanol–water partition coefficient (Wildman–Crippen LogP) is 4.14. The highest BCUT2D eigenvalue weighted by molar-refractivity contribution is 5.40. The van der Waals surface area contributed by atoms with E-state index < -0.39 is 0 Å². The van der Waals surface area contributed by atoms with Crippen LogP contribution in [-0.4, -0.2) is 6.10 Å². The molecule has 0 saturated heterocycles. The highest BCUT2D eigenvalue weighted by Gasteiger charge is 2.61. The van der Waals surface area contributed by atoms with Crippen molar-refractivity contribution in [2.45, 2.75) is 52.7 Å². The van der Waals surface area contributed by atoms with Crippen molar-refractivity contribution < 1.29 is 9.13 Å². The molecule has 0 radical (unpaired) electrons. The molecule has 1 aromatic rings. The van der Waals surface area contributed by atoms with Gasteiger partial charge in [-0.2, -0.15) is 0 Å². The van der Waals surface area contributed by atoms with Crippen LogP contribution in [0.25, 0.3) is 0 Å². The Balaban J connectivity index is 1.71. The third kappa shape index (κ3) is 1.86. The van der Waals surface area contributed by atoms with Crippen LogP contribution in [-0.2, 0) is 11.3 Å². The minimum Gasteiger partial charge on any atom is -0.399 e. The molecule has 3 unspecified atom stereocenters. The average Bonchev–Trinajstić information content (AvgIpc) is 2.70. The van der Waals surface area contributed by atoms with Gasteiger partial charge in [0.2, 0.25) is 0 Å². The van der Waals surface area contributed by atoms with Crippen LogP contribution in [0.1, 0.15) is 45.6 Å². The standard InChI is InChI=1S/C17H24FNO/c1-16(2)12-6-7-17(16,3)15(8-12)20-10-11-4-5-13(19)9-14(11)18/h4-5,9,12,15H,6-8,10,19H2,1-3H3. The van der Waals surface area contributed by atoms with Crippen LogP contribution >= 0.6 is 0 Å². The maximum absolute atomic E-state index is 13.8. The fraction of sp³-hybridized carbons (Fsp3) is 0.647. The number of fused-ring (bicyclic) bond motifs is 2. The number of hydrogen-bond donors (Lipinski definition) is 1. The molecule has 2 N–H and O–H groups in total. The Bertz CT molecular complexity index is 528. The largest absolute Gasteiger partial charge is 0.399 e. The minimum atomic E-state index is -0.266. The second kappa shape index (κ2) is 4.45. The zero-order valence-corrected chi connectivity index (χ0v) is 12.6. The molecule has 3 atom stereocenters. The van der Waals surface area contributed by atoms with Crippen LogP contribution in [0.15, 0.2) is 18.2 Å². The number of rotatable bonds is 3. The molecule has 0 aliphatic heterocycles. The Morgan fingerprint density at radius 1 is 1.35 bits per heavy atom. The van der Waals surface area contributed by atoms with Crippen molar-refractivity contribution in [1.29, 1.82) is 0 Å². The summed E-state index contributed by atoms with van der Waals surface area (Å²) in [6, 6.07) is 4.82. The topological polar surface area (TPSA) is 35.2 Å². The summed E-state index contributed by atoms with van der Waals surface area (Å²) < 4.78 is 19.9. The summed E-state index contributed by atoms with van der Waals surface area (Å²) in [5.74, 6) is 0.478. The lowest BCUT2D eigenvalue weighted by molar-refractivity contribution is -0.0557. The van der Waals surface area contributed by atoms with Crippen molar-refractivity contribution in [3.63, 3.8) is 0 Å². The highest BCUT2D eigenvalue weighted by Crippen LogP contribution is 2.66. The first-order chi connectivity index (χ1) is 9.34. The Morgan fingerprint density at radius 2 is 2.10 bits per heavy atom. The molecular weight excluding hydrogens is 253 g/mol. The third-order valence-corrected chi connectivity index (χ3v) is 6.23. The van der Waals surface area contributed by atoms with Crippen LogP contribution in [0.2, 0.25) is 0 Å². The van der Waals surface area contributed by atoms with Crippen molar-refractivity contribution in [2.75, 3.05) is 5.73 Å². The van der Waals surface area contributed by atoms with Gasteiger partial charge in [0.1, 0.15) is 5.82 Å². The van der Waals surface area contributed by atoms with Crippen LogP contribution in [0.4, 0.5) is 10.1 Å². The van der Waals surface area contributed by atoms with Gasteiger partial charge in [0.25, 0.3) is 0 Å². The summed E-state index contributed by atoms with van der Waals surface area (Å²) in [5.41, 5.74) is 7.18. The number of benzene rings is 1. The van der Waals surface area contributed by atoms with Crippen LogP contribution < -0.4 is 5.73 Å². The number of halogens is 1. The van der Waals surface area contributed by atoms with E-state index in [0.29, 0.717) is 23.3 Å². The van der Waals surface area contributed by atoms with E-state index in [1.165, 1.54) is 18.9 Å². The molecule has 0 heterocycles. The van der Waals surface area contributed by atoms with Crippen LogP contribution in [0, 0.1) is 22.6 Å². The lowest BCUT2D eigenvalue weighted by Gasteiger charge is -2.39. The lowest BCUT2D eigenvalue weighted by Crippen LogP contribution is -2.37. The van der Waals surface area contributed by atoms with E-state index in [-0.39, 0.29) is 17.3 Å². The normalized spacial score (nSPS) is 34.6. The van der Waals surface area contributed by atoms with Gasteiger partial charge in [0.15, 0.2) is 0 Å². The molecule has 20 heavy (non-hydrogen) atoms. The molecule has 2 aliphatic rings. The summed E-state index contributed by atoms with van der Waals surface area (Å²) in [6.45, 7) is 7.40. The number of ether oxygens (including phenoxy) is 1. The lowest BCUT2D eigenvalue weighted by atomic mass is 9.70. The van der Waals surface area contributed by atoms with Crippen LogP contribution in [0.5, 0.6) is 0 Å². The van der Waals surface area contributed by atoms with Gasteiger partial charge in [-0.15, -0.1) is 0 Å². The second-order valence-corrected chi connectivity index (χ2v) is 7.26. The maximum Gasteiger partial charge on any atom is 0.130 e. The van der Waals surface area contributed by atoms with E-state index >= 15 is 0 Å². The molecule has 110 valence electrons. The first-order valence-electron chi connectivity index (χ1n) is 7.50. The van der Waals surface area contributed by atoms with Crippen molar-refractivity contribution in [2.24, 2.45) is 16.7 Å². The smallest absolute Gasteiger partial charge is 0.130 e. The summed E-state index contributed by atoms with van der Waals surface area (Å²) in [7, 11) is 0. The highest BCUT2D eigenvalue weighted by atomic mass is 19.1. The Labute approximate surface area is 120 Å². The van der Waals surface area contributed by atoms with Gasteiger partial charge in [0, 0.05) is 11.3 Å². The summed E-state index contributed by atoms with van der Waals surface area (Å²) in [4.78, 5) is 0. The van der Waals surface area contributed by atoms with E-state index in [1.807, 2.05) is 0 Å². The number of nitrogen functional groups attached to an aromatic ring is 1. The van der Waals surface area contributed by atoms with Crippen molar-refractivity contribution in [1.82, 2.24) is 0 Å². The quantitative estimate of drug-likeness (QED) is 0.843. The Morgan fingerprint density at radius 3 is 2.65 bits per heavy atom. The first-order valence-corrected chi connectivity index (χ1v) is 7.50. The average molecular weight is 277 g/mol. The third-order valence-electron chi connectivity index (χ3n) is 6.23. The molecule has 2 nitrogen and oxygen atoms in total. The number of hydrogen-bond acceptors (Lipinski definition) is 2. The van der Waals surface area contributed by atoms with Gasteiger partial charge < -0.3 is 10.5 Å². The molecule has 3 heteroatoms. The van der Waals surface area contributed by atoms with Gasteiger partial charge in [-0.05, 0) is 48.1 Å². The van der Waals surface area contributed by atoms with Gasteiger partial charge >= 0.3 is 0 Å². The monoisotopic (exact) mass is 277 g/mol. The molecule has 0 aromatic heterocycles. The van der Waals surface area contributed by atoms with E-state index in [2.05, 4.69) is 20.8 Å². The second-order valence-electron chi connectivity index (χ2n) is 7.26. The van der Waals surface area contributed by atoms with E-state index in [1.54, 1.807) is 12.1 Å². The number of nitrogens with two attached hydrogens (primary N) is 1. The van der Waals surface area contributed by atoms with Crippen LogP contribution in [0.3, 0.4) is 0 Å². The first kappa shape index (κ1) is 13.9. The minimum absolute atomic E-state index is 0.224. The fourth-order valence-electron chi connectivity index (χ4n) is 4.25. The van der Waals surface area contributed by atoms with E-state index in [0.717, 1.165) is 12.3 Å². The van der Waals surface area contributed by atoms with Gasteiger partial charge in [-0.3, -0.25) is 0 Å². The van der Waals surface area contributed by atoms with E-state index in [4.69, 9.17) is 10.5 Å². The molecule has 2 saturated carbocycles. The molecule has 2 aliphatic carbocycles. The van der Waals surface area contributed by atoms with Crippen molar-refractivity contribution in [3.8, 4) is 0 Å². The summed E-state index contributed by atoms with van der Waals surface area (Å²) >= 11 is 0. The molecule has 0 amide bonds. The molecule has 2 bridgehead atoms. The van der Waals surface area contributed by atoms with Gasteiger partial charge in [-0.25, -0.2) is 4.39 Å². The molecular formula is C17H24FNO. The predicted molar refractivity (Wildman–Crippen MR) is 78.6 cm³/mol. The molecule has 0 spiro atoms. The zero-order valence-electron chi connectivity index (χ0n) is 12.6. The van der Waals surface area contributed by atoms with E-state index in [9.17, 15) is 4.39 Å². The Kier molecular flexibility index (Phi) is 3.09. The zero-order chi connectivity index (χ0) is 14.5. The Hall–Kier alpha value is -1.09. The SMILES string of the molecule is CC1(C)C2CCC1(C)C(OCc1ccc(N)cc1F)C2. The molecule has 3 rings (SSSR count). The molecule has 1 aromatic carbocycles. The number of anilines is 1. The van der Waals surface area contributed by atoms with Crippen molar-refractivity contribution >= 4 is 5.69 Å². The summed E-state index contributed by atoms with van der Waals surface area (Å²) in [6.07, 6.45) is 3.88. The fourth-order valence-corrected chi connectivity index (χ4v) is 4.25. The summed E-state index contributed by atoms with van der Waals surface area (Å²) in [5, 5.41) is 0. The van der Waals surface area contributed by atoms with Gasteiger partial charge in [-0.1, -0.05) is 26.8 Å². The van der Waals surface area contributed by atoms with Crippen molar-refractivity contribution in [3.05, 3.63) is 29.6 Å². The maximum atomic E-state index is 13.8.